The quantitative estimate of drug-likeness (QED) is 0.356. The molecule has 4 heterocycles. The summed E-state index contributed by atoms with van der Waals surface area (Å²) >= 11 is 18.6. The second kappa shape index (κ2) is 11.4. The number of piperidine rings is 1. The number of hydrogen-bond acceptors (Lipinski definition) is 4. The first kappa shape index (κ1) is 27.6. The average Bonchev–Trinajstić information content (AvgIpc) is 3.46. The van der Waals surface area contributed by atoms with Gasteiger partial charge in [-0.3, -0.25) is 14.3 Å². The fourth-order valence-corrected chi connectivity index (χ4v) is 6.87. The zero-order valence-electron chi connectivity index (χ0n) is 22.5. The van der Waals surface area contributed by atoms with Gasteiger partial charge in [0.15, 0.2) is 0 Å². The number of aromatic nitrogens is 2. The number of amides is 2. The van der Waals surface area contributed by atoms with Crippen molar-refractivity contribution < 1.29 is 9.59 Å². The van der Waals surface area contributed by atoms with E-state index in [0.717, 1.165) is 79.9 Å². The Labute approximate surface area is 249 Å². The van der Waals surface area contributed by atoms with E-state index in [1.54, 1.807) is 13.0 Å². The summed E-state index contributed by atoms with van der Waals surface area (Å²) in [6.07, 6.45) is 4.13. The number of aryl methyl sites for hydroxylation is 1. The van der Waals surface area contributed by atoms with Crippen molar-refractivity contribution in [2.24, 2.45) is 0 Å². The van der Waals surface area contributed by atoms with Crippen molar-refractivity contribution >= 4 is 52.3 Å². The molecule has 3 aromatic rings. The lowest BCUT2D eigenvalue weighted by molar-refractivity contribution is -0.129. The zero-order valence-corrected chi connectivity index (χ0v) is 24.8. The zero-order chi connectivity index (χ0) is 28.0. The minimum atomic E-state index is 0.0739. The van der Waals surface area contributed by atoms with E-state index < -0.39 is 0 Å². The summed E-state index contributed by atoms with van der Waals surface area (Å²) in [6, 6.07) is 11.6. The van der Waals surface area contributed by atoms with E-state index in [9.17, 15) is 9.59 Å². The number of halogens is 3. The molecule has 0 spiro atoms. The molecule has 210 valence electrons. The Kier molecular flexibility index (Phi) is 7.83. The van der Waals surface area contributed by atoms with Crippen molar-refractivity contribution in [3.63, 3.8) is 0 Å². The first-order valence-electron chi connectivity index (χ1n) is 13.9. The normalized spacial score (nSPS) is 17.9. The molecule has 0 saturated carbocycles. The lowest BCUT2D eigenvalue weighted by atomic mass is 10.0. The van der Waals surface area contributed by atoms with Crippen LogP contribution in [0.25, 0.3) is 11.3 Å². The van der Waals surface area contributed by atoms with Gasteiger partial charge in [-0.25, -0.2) is 0 Å². The van der Waals surface area contributed by atoms with Gasteiger partial charge in [-0.15, -0.1) is 0 Å². The van der Waals surface area contributed by atoms with Gasteiger partial charge >= 0.3 is 0 Å². The number of likely N-dealkylation sites (tertiary alicyclic amines) is 1. The highest BCUT2D eigenvalue weighted by atomic mass is 35.5. The minimum Gasteiger partial charge on any atom is -0.338 e. The predicted octanol–water partition coefficient (Wildman–Crippen LogP) is 5.86. The molecule has 40 heavy (non-hydrogen) atoms. The van der Waals surface area contributed by atoms with Crippen LogP contribution >= 0.6 is 34.8 Å². The summed E-state index contributed by atoms with van der Waals surface area (Å²) in [4.78, 5) is 31.3. The highest BCUT2D eigenvalue weighted by molar-refractivity contribution is 6.42. The summed E-state index contributed by atoms with van der Waals surface area (Å²) in [5, 5.41) is 6.70. The number of carbonyl (C=O) groups excluding carboxylic acids is 2. The Hall–Kier alpha value is -2.58. The molecule has 2 aromatic carbocycles. The fraction of sp³-hybridized carbons (Fsp3) is 0.433. The standard InChI is InChI=1S/C30H32Cl3N5O2/c1-19(39)36-14-9-28-24(18-36)30(20-3-5-25(32)26(33)16-20)34-37(28)11-2-10-35-12-7-23(8-13-35)38-27-6-4-22(31)15-21(27)17-29(38)40/h3-6,15-16,23H,2,7-14,17-18H2,1H3. The summed E-state index contributed by atoms with van der Waals surface area (Å²) in [5.41, 5.74) is 6.14. The second-order valence-corrected chi connectivity index (χ2v) is 12.2. The maximum Gasteiger partial charge on any atom is 0.231 e. The molecule has 3 aliphatic heterocycles. The second-order valence-electron chi connectivity index (χ2n) is 11.0. The molecule has 0 atom stereocenters. The Morgan fingerprint density at radius 3 is 2.55 bits per heavy atom. The van der Waals surface area contributed by atoms with Crippen LogP contribution in [0.3, 0.4) is 0 Å². The summed E-state index contributed by atoms with van der Waals surface area (Å²) in [7, 11) is 0. The first-order chi connectivity index (χ1) is 19.3. The van der Waals surface area contributed by atoms with E-state index in [0.29, 0.717) is 34.6 Å². The highest BCUT2D eigenvalue weighted by Crippen LogP contribution is 2.36. The number of carbonyl (C=O) groups is 2. The summed E-state index contributed by atoms with van der Waals surface area (Å²) in [5.74, 6) is 0.255. The number of anilines is 1. The third kappa shape index (κ3) is 5.37. The largest absolute Gasteiger partial charge is 0.338 e. The number of rotatable bonds is 6. The predicted molar refractivity (Wildman–Crippen MR) is 159 cm³/mol. The highest BCUT2D eigenvalue weighted by Gasteiger charge is 2.35. The number of fused-ring (bicyclic) bond motifs is 2. The van der Waals surface area contributed by atoms with Gasteiger partial charge in [0.25, 0.3) is 0 Å². The van der Waals surface area contributed by atoms with Crippen LogP contribution in [0.2, 0.25) is 15.1 Å². The Morgan fingerprint density at radius 2 is 1.80 bits per heavy atom. The van der Waals surface area contributed by atoms with E-state index in [1.165, 1.54) is 5.69 Å². The number of hydrogen-bond donors (Lipinski definition) is 0. The van der Waals surface area contributed by atoms with Crippen molar-refractivity contribution in [3.8, 4) is 11.3 Å². The van der Waals surface area contributed by atoms with Crippen molar-refractivity contribution in [2.75, 3.05) is 31.1 Å². The van der Waals surface area contributed by atoms with E-state index in [2.05, 4.69) is 9.58 Å². The maximum absolute atomic E-state index is 12.8. The van der Waals surface area contributed by atoms with Crippen LogP contribution in [-0.2, 0) is 35.5 Å². The Morgan fingerprint density at radius 1 is 1.00 bits per heavy atom. The van der Waals surface area contributed by atoms with Crippen LogP contribution in [0.5, 0.6) is 0 Å². The van der Waals surface area contributed by atoms with Crippen LogP contribution in [-0.4, -0.2) is 63.6 Å². The molecular formula is C30H32Cl3N5O2. The van der Waals surface area contributed by atoms with E-state index in [4.69, 9.17) is 39.9 Å². The van der Waals surface area contributed by atoms with Crippen molar-refractivity contribution in [3.05, 3.63) is 68.3 Å². The number of benzene rings is 2. The minimum absolute atomic E-state index is 0.0739. The van der Waals surface area contributed by atoms with Gasteiger partial charge in [-0.05, 0) is 61.7 Å². The van der Waals surface area contributed by atoms with Gasteiger partial charge in [0.05, 0.1) is 22.2 Å². The van der Waals surface area contributed by atoms with Crippen LogP contribution in [0.1, 0.15) is 43.0 Å². The third-order valence-corrected chi connectivity index (χ3v) is 9.42. The van der Waals surface area contributed by atoms with E-state index in [-0.39, 0.29) is 17.9 Å². The van der Waals surface area contributed by atoms with E-state index in [1.807, 2.05) is 40.1 Å². The average molecular weight is 601 g/mol. The van der Waals surface area contributed by atoms with Crippen LogP contribution in [0.4, 0.5) is 5.69 Å². The third-order valence-electron chi connectivity index (χ3n) is 8.45. The molecule has 3 aliphatic rings. The van der Waals surface area contributed by atoms with Crippen molar-refractivity contribution in [2.45, 2.75) is 58.2 Å². The lowest BCUT2D eigenvalue weighted by Crippen LogP contribution is -2.46. The molecule has 1 aromatic heterocycles. The summed E-state index contributed by atoms with van der Waals surface area (Å²) < 4.78 is 2.13. The Balaban J connectivity index is 1.10. The molecule has 6 rings (SSSR count). The monoisotopic (exact) mass is 599 g/mol. The number of nitrogens with zero attached hydrogens (tertiary/aromatic N) is 5. The molecule has 0 N–H and O–H groups in total. The molecule has 1 fully saturated rings. The molecule has 2 amide bonds. The molecule has 7 nitrogen and oxygen atoms in total. The van der Waals surface area contributed by atoms with Gasteiger partial charge in [0.1, 0.15) is 0 Å². The van der Waals surface area contributed by atoms with Gasteiger partial charge in [0.2, 0.25) is 11.8 Å². The molecule has 0 unspecified atom stereocenters. The SMILES string of the molecule is CC(=O)N1CCc2c(c(-c3ccc(Cl)c(Cl)c3)nn2CCCN2CCC(N3C(=O)Cc4cc(Cl)ccc43)CC2)C1. The molecular weight excluding hydrogens is 569 g/mol. The van der Waals surface area contributed by atoms with Gasteiger partial charge < -0.3 is 14.7 Å². The van der Waals surface area contributed by atoms with Crippen molar-refractivity contribution in [1.29, 1.82) is 0 Å². The smallest absolute Gasteiger partial charge is 0.231 e. The molecule has 0 radical (unpaired) electrons. The van der Waals surface area contributed by atoms with Crippen LogP contribution in [0.15, 0.2) is 36.4 Å². The van der Waals surface area contributed by atoms with Crippen LogP contribution < -0.4 is 4.90 Å². The van der Waals surface area contributed by atoms with Gasteiger partial charge in [-0.1, -0.05) is 40.9 Å². The molecule has 0 aliphatic carbocycles. The molecule has 0 bridgehead atoms. The van der Waals surface area contributed by atoms with E-state index >= 15 is 0 Å². The van der Waals surface area contributed by atoms with Gasteiger partial charge in [0, 0.05) is 79.6 Å². The molecule has 1 saturated heterocycles. The van der Waals surface area contributed by atoms with Gasteiger partial charge in [-0.2, -0.15) is 5.10 Å². The van der Waals surface area contributed by atoms with Crippen LogP contribution in [0, 0.1) is 0 Å². The van der Waals surface area contributed by atoms with Crippen molar-refractivity contribution in [1.82, 2.24) is 19.6 Å². The lowest BCUT2D eigenvalue weighted by Gasteiger charge is -2.37. The Bertz CT molecular complexity index is 1460. The topological polar surface area (TPSA) is 61.7 Å². The summed E-state index contributed by atoms with van der Waals surface area (Å²) in [6.45, 7) is 6.59. The first-order valence-corrected chi connectivity index (χ1v) is 15.0. The molecule has 10 heteroatoms. The maximum atomic E-state index is 12.8. The fourth-order valence-electron chi connectivity index (χ4n) is 6.38.